The highest BCUT2D eigenvalue weighted by Gasteiger charge is 2.06. The number of rotatable bonds is 3. The number of hydrogen-bond donors (Lipinski definition) is 0. The fraction of sp³-hybridized carbons (Fsp3) is 0.154. The van der Waals surface area contributed by atoms with Crippen molar-refractivity contribution < 1.29 is 26.5 Å². The quantitative estimate of drug-likeness (QED) is 0.425. The van der Waals surface area contributed by atoms with Crippen molar-refractivity contribution in [3.8, 4) is 0 Å². The van der Waals surface area contributed by atoms with Gasteiger partial charge in [-0.2, -0.15) is 0 Å². The number of nitro benzene ring substituents is 1. The van der Waals surface area contributed by atoms with E-state index in [1.54, 1.807) is 12.1 Å². The van der Waals surface area contributed by atoms with Crippen LogP contribution in [-0.2, 0) is 6.54 Å². The molecule has 5 heteroatoms. The fourth-order valence-corrected chi connectivity index (χ4v) is 1.69. The van der Waals surface area contributed by atoms with Crippen LogP contribution in [0, 0.1) is 17.0 Å². The molecule has 2 rings (SSSR count). The largest absolute Gasteiger partial charge is 1.00 e. The zero-order chi connectivity index (χ0) is 12.3. The van der Waals surface area contributed by atoms with E-state index in [-0.39, 0.29) is 27.6 Å². The minimum atomic E-state index is -0.385. The Hall–Kier alpha value is -1.75. The fourth-order valence-electron chi connectivity index (χ4n) is 1.69. The van der Waals surface area contributed by atoms with Crippen molar-refractivity contribution in [1.29, 1.82) is 0 Å². The number of halogens is 1. The van der Waals surface area contributed by atoms with Crippen LogP contribution in [0.25, 0.3) is 0 Å². The zero-order valence-electron chi connectivity index (χ0n) is 9.91. The molecule has 4 nitrogen and oxygen atoms in total. The van der Waals surface area contributed by atoms with Crippen molar-refractivity contribution in [2.24, 2.45) is 0 Å². The molecule has 0 aliphatic rings. The Labute approximate surface area is 116 Å². The first-order valence-electron chi connectivity index (χ1n) is 5.34. The maximum atomic E-state index is 10.5. The van der Waals surface area contributed by atoms with Crippen molar-refractivity contribution in [3.63, 3.8) is 0 Å². The van der Waals surface area contributed by atoms with Gasteiger partial charge >= 0.3 is 0 Å². The lowest BCUT2D eigenvalue weighted by atomic mass is 10.2. The summed E-state index contributed by atoms with van der Waals surface area (Å²) < 4.78 is 2.05. The van der Waals surface area contributed by atoms with Crippen LogP contribution in [0.5, 0.6) is 0 Å². The first-order valence-corrected chi connectivity index (χ1v) is 5.34. The number of benzene rings is 1. The van der Waals surface area contributed by atoms with Gasteiger partial charge in [0.15, 0.2) is 18.9 Å². The minimum absolute atomic E-state index is 0. The lowest BCUT2D eigenvalue weighted by molar-refractivity contribution is -0.688. The molecule has 2 aromatic rings. The summed E-state index contributed by atoms with van der Waals surface area (Å²) in [4.78, 5) is 10.1. The van der Waals surface area contributed by atoms with Crippen molar-refractivity contribution in [3.05, 3.63) is 70.0 Å². The molecule has 18 heavy (non-hydrogen) atoms. The summed E-state index contributed by atoms with van der Waals surface area (Å²) in [6.45, 7) is 2.76. The number of nitrogens with zero attached hydrogens (tertiary/aromatic N) is 2. The predicted octanol–water partition coefficient (Wildman–Crippen LogP) is -0.757. The summed E-state index contributed by atoms with van der Waals surface area (Å²) in [5, 5.41) is 10.5. The van der Waals surface area contributed by atoms with Gasteiger partial charge in [0, 0.05) is 29.3 Å². The Morgan fingerprint density at radius 1 is 1.22 bits per heavy atom. The summed E-state index contributed by atoms with van der Waals surface area (Å²) in [6.07, 6.45) is 4.02. The van der Waals surface area contributed by atoms with Crippen LogP contribution >= 0.6 is 0 Å². The molecule has 0 aliphatic carbocycles. The molecule has 0 N–H and O–H groups in total. The molecule has 0 aliphatic heterocycles. The normalized spacial score (nSPS) is 9.61. The molecule has 0 radical (unpaired) electrons. The Balaban J connectivity index is 0.00000162. The summed E-state index contributed by atoms with van der Waals surface area (Å²) in [5.74, 6) is 0. The molecule has 0 unspecified atom stereocenters. The standard InChI is InChI=1S/C13H13N2O2.BrH/c1-11-3-2-8-14(9-11)10-12-4-6-13(7-5-12)15(16)17;/h2-9H,10H2,1H3;1H/q+1;/p-1. The van der Waals surface area contributed by atoms with Crippen LogP contribution in [0.1, 0.15) is 11.1 Å². The van der Waals surface area contributed by atoms with Crippen LogP contribution in [0.4, 0.5) is 5.69 Å². The van der Waals surface area contributed by atoms with Crippen LogP contribution in [-0.4, -0.2) is 4.92 Å². The van der Waals surface area contributed by atoms with Crippen LogP contribution in [0.3, 0.4) is 0 Å². The molecule has 0 amide bonds. The summed E-state index contributed by atoms with van der Waals surface area (Å²) in [7, 11) is 0. The molecule has 94 valence electrons. The smallest absolute Gasteiger partial charge is 0.269 e. The van der Waals surface area contributed by atoms with E-state index in [9.17, 15) is 10.1 Å². The molecule has 0 fully saturated rings. The maximum absolute atomic E-state index is 10.5. The monoisotopic (exact) mass is 308 g/mol. The van der Waals surface area contributed by atoms with E-state index in [0.29, 0.717) is 0 Å². The SMILES string of the molecule is Cc1ccc[n+](Cc2ccc([N+](=O)[O-])cc2)c1.[Br-]. The van der Waals surface area contributed by atoms with Crippen molar-refractivity contribution in [2.75, 3.05) is 0 Å². The number of aromatic nitrogens is 1. The molecule has 0 spiro atoms. The van der Waals surface area contributed by atoms with E-state index < -0.39 is 0 Å². The number of non-ortho nitro benzene ring substituents is 1. The van der Waals surface area contributed by atoms with Gasteiger partial charge in [0.05, 0.1) is 4.92 Å². The summed E-state index contributed by atoms with van der Waals surface area (Å²) in [6, 6.07) is 10.7. The molecule has 0 saturated carbocycles. The second-order valence-corrected chi connectivity index (χ2v) is 3.98. The summed E-state index contributed by atoms with van der Waals surface area (Å²) in [5.41, 5.74) is 2.36. The molecule has 1 heterocycles. The third kappa shape index (κ3) is 3.63. The average molecular weight is 309 g/mol. The van der Waals surface area contributed by atoms with E-state index in [1.165, 1.54) is 17.7 Å². The van der Waals surface area contributed by atoms with Gasteiger partial charge in [-0.25, -0.2) is 4.57 Å². The lowest BCUT2D eigenvalue weighted by Crippen LogP contribution is -3.00. The van der Waals surface area contributed by atoms with Crippen molar-refractivity contribution in [2.45, 2.75) is 13.5 Å². The van der Waals surface area contributed by atoms with E-state index >= 15 is 0 Å². The highest BCUT2D eigenvalue weighted by atomic mass is 79.9. The highest BCUT2D eigenvalue weighted by Crippen LogP contribution is 2.11. The zero-order valence-corrected chi connectivity index (χ0v) is 11.5. The molecule has 1 aromatic heterocycles. The van der Waals surface area contributed by atoms with Gasteiger partial charge in [-0.05, 0) is 25.1 Å². The number of hydrogen-bond acceptors (Lipinski definition) is 2. The van der Waals surface area contributed by atoms with Gasteiger partial charge in [0.25, 0.3) is 5.69 Å². The van der Waals surface area contributed by atoms with Gasteiger partial charge in [-0.15, -0.1) is 0 Å². The third-order valence-corrected chi connectivity index (χ3v) is 2.52. The van der Waals surface area contributed by atoms with Crippen LogP contribution in [0.15, 0.2) is 48.8 Å². The van der Waals surface area contributed by atoms with Crippen LogP contribution < -0.4 is 21.5 Å². The lowest BCUT2D eigenvalue weighted by Gasteiger charge is -1.98. The van der Waals surface area contributed by atoms with Crippen LogP contribution in [0.2, 0.25) is 0 Å². The van der Waals surface area contributed by atoms with E-state index in [4.69, 9.17) is 0 Å². The van der Waals surface area contributed by atoms with E-state index in [1.807, 2.05) is 31.5 Å². The molecule has 0 saturated heterocycles. The van der Waals surface area contributed by atoms with Crippen molar-refractivity contribution >= 4 is 5.69 Å². The highest BCUT2D eigenvalue weighted by molar-refractivity contribution is 5.32. The number of pyridine rings is 1. The van der Waals surface area contributed by atoms with E-state index in [0.717, 1.165) is 12.1 Å². The Kier molecular flexibility index (Phi) is 4.97. The van der Waals surface area contributed by atoms with Gasteiger partial charge in [0.2, 0.25) is 0 Å². The number of nitro groups is 1. The number of aryl methyl sites for hydroxylation is 1. The van der Waals surface area contributed by atoms with E-state index in [2.05, 4.69) is 4.57 Å². The second-order valence-electron chi connectivity index (χ2n) is 3.98. The Morgan fingerprint density at radius 2 is 1.89 bits per heavy atom. The third-order valence-electron chi connectivity index (χ3n) is 2.52. The topological polar surface area (TPSA) is 47.0 Å². The average Bonchev–Trinajstić information content (AvgIpc) is 2.29. The minimum Gasteiger partial charge on any atom is -1.00 e. The maximum Gasteiger partial charge on any atom is 0.269 e. The molecule has 0 atom stereocenters. The second kappa shape index (κ2) is 6.26. The Morgan fingerprint density at radius 3 is 2.44 bits per heavy atom. The Bertz CT molecular complexity index is 541. The first-order chi connectivity index (χ1) is 8.15. The van der Waals surface area contributed by atoms with Gasteiger partial charge in [-0.1, -0.05) is 0 Å². The van der Waals surface area contributed by atoms with Gasteiger partial charge in [0.1, 0.15) is 0 Å². The molecule has 0 bridgehead atoms. The molecular weight excluding hydrogens is 296 g/mol. The van der Waals surface area contributed by atoms with Crippen molar-refractivity contribution in [1.82, 2.24) is 0 Å². The van der Waals surface area contributed by atoms with Gasteiger partial charge in [-0.3, -0.25) is 10.1 Å². The predicted molar refractivity (Wildman–Crippen MR) is 63.6 cm³/mol. The molecule has 1 aromatic carbocycles. The molecular formula is C13H13BrN2O2. The summed E-state index contributed by atoms with van der Waals surface area (Å²) >= 11 is 0. The van der Waals surface area contributed by atoms with Gasteiger partial charge < -0.3 is 17.0 Å². The first kappa shape index (κ1) is 14.3.